The number of rotatable bonds is 0. The van der Waals surface area contributed by atoms with E-state index in [1.807, 2.05) is 18.2 Å². The van der Waals surface area contributed by atoms with Crippen LogP contribution in [0.4, 0.5) is 0 Å². The molecule has 0 unspecified atom stereocenters. The number of nitrogens with zero attached hydrogens (tertiary/aromatic N) is 1. The zero-order valence-corrected chi connectivity index (χ0v) is 11.4. The van der Waals surface area contributed by atoms with Crippen LogP contribution in [0.1, 0.15) is 0 Å². The van der Waals surface area contributed by atoms with Gasteiger partial charge in [-0.3, -0.25) is 4.98 Å². The molecule has 2 nitrogen and oxygen atoms in total. The quantitative estimate of drug-likeness (QED) is 0.413. The van der Waals surface area contributed by atoms with E-state index in [0.29, 0.717) is 0 Å². The van der Waals surface area contributed by atoms with Crippen LogP contribution < -0.4 is 37.2 Å². The topological polar surface area (TPSA) is 46.4 Å². The molecule has 1 rings (SSSR count). The summed E-state index contributed by atoms with van der Waals surface area (Å²) in [5.74, 6) is 0. The summed E-state index contributed by atoms with van der Waals surface area (Å²) in [5.41, 5.74) is 0. The average Bonchev–Trinajstić information content (AvgIpc) is 1.72. The predicted molar refractivity (Wildman–Crippen MR) is 29.5 cm³/mol. The van der Waals surface area contributed by atoms with E-state index in [1.165, 1.54) is 0 Å². The number of halogens is 3. The number of hydrogen-bond acceptors (Lipinski definition) is 1. The van der Waals surface area contributed by atoms with Crippen LogP contribution in [0.5, 0.6) is 0 Å². The van der Waals surface area contributed by atoms with Crippen molar-refractivity contribution in [3.63, 3.8) is 0 Å². The maximum absolute atomic E-state index is 3.78. The summed E-state index contributed by atoms with van der Waals surface area (Å²) in [5, 5.41) is 0. The Morgan fingerprint density at radius 2 is 1.09 bits per heavy atom. The fourth-order valence-corrected chi connectivity index (χ4v) is 0.313. The Balaban J connectivity index is -0.0000000240. The van der Waals surface area contributed by atoms with Gasteiger partial charge in [0.1, 0.15) is 0 Å². The van der Waals surface area contributed by atoms with Gasteiger partial charge in [-0.05, 0) is 12.1 Å². The van der Waals surface area contributed by atoms with Crippen LogP contribution in [0.15, 0.2) is 30.6 Å². The van der Waals surface area contributed by atoms with Crippen LogP contribution in [0.25, 0.3) is 6.15 Å². The molecule has 0 aromatic carbocycles. The summed E-state index contributed by atoms with van der Waals surface area (Å²) in [6.07, 6.45) is 3.50. The maximum Gasteiger partial charge on any atom is 4.00 e. The normalized spacial score (nSPS) is 4.36. The molecule has 1 aromatic rings. The average molecular weight is 380 g/mol. The largest absolute Gasteiger partial charge is 4.00 e. The molecule has 0 amide bonds. The molecule has 0 saturated heterocycles. The molecule has 0 atom stereocenters. The summed E-state index contributed by atoms with van der Waals surface area (Å²) in [4.78, 5) is 3.78. The van der Waals surface area contributed by atoms with Gasteiger partial charge in [0.05, 0.1) is 0 Å². The molecule has 1 heterocycles. The van der Waals surface area contributed by atoms with Crippen molar-refractivity contribution in [1.82, 2.24) is 4.98 Å². The third kappa shape index (κ3) is 18.1. The van der Waals surface area contributed by atoms with Gasteiger partial charge in [0.25, 0.3) is 0 Å². The minimum Gasteiger partial charge on any atom is -1.00 e. The van der Waals surface area contributed by atoms with Crippen molar-refractivity contribution in [2.45, 2.75) is 0 Å². The van der Waals surface area contributed by atoms with E-state index in [-0.39, 0.29) is 69.2 Å². The first-order chi connectivity index (χ1) is 3.00. The molecule has 6 heteroatoms. The van der Waals surface area contributed by atoms with E-state index in [9.17, 15) is 0 Å². The van der Waals surface area contributed by atoms with Crippen molar-refractivity contribution in [1.29, 1.82) is 0 Å². The van der Waals surface area contributed by atoms with Crippen LogP contribution in [0, 0.1) is 0 Å². The van der Waals surface area contributed by atoms with Gasteiger partial charge in [0.15, 0.2) is 0 Å². The van der Waals surface area contributed by atoms with Crippen molar-refractivity contribution < 1.29 is 63.1 Å². The zero-order chi connectivity index (χ0) is 4.24. The molecule has 0 fully saturated rings. The molecule has 0 radical (unpaired) electrons. The minimum absolute atomic E-state index is 0. The van der Waals surface area contributed by atoms with Gasteiger partial charge in [0, 0.05) is 12.4 Å². The van der Waals surface area contributed by atoms with Gasteiger partial charge in [-0.1, -0.05) is 6.07 Å². The Morgan fingerprint density at radius 3 is 1.18 bits per heavy atom. The molecule has 0 spiro atoms. The summed E-state index contributed by atoms with van der Waals surface area (Å²) >= 11 is 0. The molecular weight excluding hydrogens is 373 g/mol. The van der Waals surface area contributed by atoms with E-state index in [1.54, 1.807) is 12.4 Å². The third-order valence-corrected chi connectivity index (χ3v) is 0.566. The summed E-state index contributed by atoms with van der Waals surface area (Å²) in [6, 6.07) is 5.72. The second kappa shape index (κ2) is 22.4. The number of hydrogen-bond donors (Lipinski definition) is 0. The molecule has 0 aliphatic carbocycles. The first kappa shape index (κ1) is 29.7. The second-order valence-electron chi connectivity index (χ2n) is 1.02. The minimum atomic E-state index is 0. The number of nitrogens with two attached hydrogens (primary N) is 1. The second-order valence-corrected chi connectivity index (χ2v) is 1.02. The van der Waals surface area contributed by atoms with Crippen molar-refractivity contribution in [3.05, 3.63) is 36.7 Å². The first-order valence-corrected chi connectivity index (χ1v) is 1.85. The first-order valence-electron chi connectivity index (χ1n) is 1.85. The van der Waals surface area contributed by atoms with Crippen molar-refractivity contribution in [2.24, 2.45) is 0 Å². The summed E-state index contributed by atoms with van der Waals surface area (Å²) in [6.45, 7) is 0. The van der Waals surface area contributed by atoms with E-state index in [4.69, 9.17) is 0 Å². The Bertz CT molecular complexity index is 91.7. The van der Waals surface area contributed by atoms with Crippen molar-refractivity contribution >= 4 is 0 Å². The van der Waals surface area contributed by atoms with Gasteiger partial charge in [-0.2, -0.15) is 0 Å². The van der Waals surface area contributed by atoms with Crippen LogP contribution in [0.3, 0.4) is 0 Å². The molecule has 1 aromatic heterocycles. The molecule has 0 aliphatic heterocycles. The van der Waals surface area contributed by atoms with Gasteiger partial charge < -0.3 is 43.4 Å². The van der Waals surface area contributed by atoms with Crippen molar-refractivity contribution in [2.75, 3.05) is 0 Å². The smallest absolute Gasteiger partial charge is 1.00 e. The van der Waals surface area contributed by atoms with E-state index in [0.717, 1.165) is 0 Å². The Labute approximate surface area is 104 Å². The number of pyridine rings is 1. The fraction of sp³-hybridized carbons (Fsp3) is 0. The van der Waals surface area contributed by atoms with Crippen LogP contribution >= 0.6 is 0 Å². The third-order valence-electron chi connectivity index (χ3n) is 0.566. The molecular formula is C5H7Cl3HfN2. The standard InChI is InChI=1S/C5H5N.3ClH.Hf.H2N/c1-2-4-6-5-3-1;;;;;/h1-5H;3*1H;;1H2/q;;;;+4;-1/p-3. The molecule has 2 N–H and O–H groups in total. The van der Waals surface area contributed by atoms with Crippen LogP contribution in [0.2, 0.25) is 0 Å². The van der Waals surface area contributed by atoms with E-state index in [2.05, 4.69) is 4.98 Å². The van der Waals surface area contributed by atoms with Gasteiger partial charge in [-0.15, -0.1) is 0 Å². The maximum atomic E-state index is 3.78. The summed E-state index contributed by atoms with van der Waals surface area (Å²) < 4.78 is 0. The van der Waals surface area contributed by atoms with Crippen molar-refractivity contribution in [3.8, 4) is 0 Å². The molecule has 0 aliphatic rings. The summed E-state index contributed by atoms with van der Waals surface area (Å²) in [7, 11) is 0. The van der Waals surface area contributed by atoms with Gasteiger partial charge in [-0.25, -0.2) is 0 Å². The van der Waals surface area contributed by atoms with E-state index < -0.39 is 0 Å². The molecule has 62 valence electrons. The Hall–Kier alpha value is 0.850. The van der Waals surface area contributed by atoms with E-state index >= 15 is 0 Å². The Morgan fingerprint density at radius 1 is 0.727 bits per heavy atom. The van der Waals surface area contributed by atoms with Gasteiger partial charge in [0.2, 0.25) is 0 Å². The Kier molecular flexibility index (Phi) is 60.6. The van der Waals surface area contributed by atoms with Gasteiger partial charge >= 0.3 is 25.8 Å². The molecule has 11 heavy (non-hydrogen) atoms. The fourth-order valence-electron chi connectivity index (χ4n) is 0.313. The molecule has 0 bridgehead atoms. The van der Waals surface area contributed by atoms with Crippen LogP contribution in [-0.2, 0) is 25.8 Å². The predicted octanol–water partition coefficient (Wildman–Crippen LogP) is -7.19. The molecule has 0 saturated carbocycles. The SMILES string of the molecule is [Cl-].[Cl-].[Cl-].[Hf+4].[NH2-].c1ccncc1. The monoisotopic (exact) mass is 380 g/mol. The zero-order valence-electron chi connectivity index (χ0n) is 5.55. The van der Waals surface area contributed by atoms with Crippen LogP contribution in [-0.4, -0.2) is 4.98 Å². The number of aromatic nitrogens is 1.